The van der Waals surface area contributed by atoms with Crippen molar-refractivity contribution < 1.29 is 0 Å². The lowest BCUT2D eigenvalue weighted by Gasteiger charge is -2.11. The zero-order chi connectivity index (χ0) is 12.3. The second-order valence-electron chi connectivity index (χ2n) is 4.24. The van der Waals surface area contributed by atoms with Gasteiger partial charge in [-0.15, -0.1) is 6.58 Å². The molecule has 0 heterocycles. The fraction of sp³-hybridized carbons (Fsp3) is 0.176. The summed E-state index contributed by atoms with van der Waals surface area (Å²) < 4.78 is 0. The molecule has 0 N–H and O–H groups in total. The van der Waals surface area contributed by atoms with E-state index >= 15 is 0 Å². The molecule has 0 aromatic heterocycles. The lowest BCUT2D eigenvalue weighted by Crippen LogP contribution is -1.95. The van der Waals surface area contributed by atoms with E-state index in [0.717, 1.165) is 6.42 Å². The van der Waals surface area contributed by atoms with Crippen molar-refractivity contribution in [2.24, 2.45) is 0 Å². The molecule has 0 heteroatoms. The van der Waals surface area contributed by atoms with Crippen LogP contribution in [0, 0.1) is 0 Å². The molecule has 0 radical (unpaired) electrons. The molecule has 1 aliphatic rings. The first-order valence-electron chi connectivity index (χ1n) is 6.03. The number of hydrogen-bond acceptors (Lipinski definition) is 0. The molecule has 0 saturated carbocycles. The standard InChI is InChI=1S/C17H18/c1-4-9-14-13(6-3)16-11-7-8-12-17(16)15(14)10-5-2/h4-9,11-12,15H,2-3,10H2,1H3/b9-4-. The summed E-state index contributed by atoms with van der Waals surface area (Å²) in [7, 11) is 0. The van der Waals surface area contributed by atoms with Gasteiger partial charge in [-0.25, -0.2) is 0 Å². The van der Waals surface area contributed by atoms with Crippen LogP contribution in [-0.2, 0) is 0 Å². The van der Waals surface area contributed by atoms with Crippen LogP contribution < -0.4 is 0 Å². The van der Waals surface area contributed by atoms with E-state index < -0.39 is 0 Å². The third-order valence-corrected chi connectivity index (χ3v) is 3.27. The van der Waals surface area contributed by atoms with Gasteiger partial charge in [-0.3, -0.25) is 0 Å². The highest BCUT2D eigenvalue weighted by atomic mass is 14.3. The SMILES string of the molecule is C=CCC1C(/C=C\C)=C(C=C)c2ccccc21. The second kappa shape index (κ2) is 5.01. The van der Waals surface area contributed by atoms with E-state index in [1.165, 1.54) is 22.3 Å². The molecule has 17 heavy (non-hydrogen) atoms. The average molecular weight is 222 g/mol. The van der Waals surface area contributed by atoms with Crippen molar-refractivity contribution in [3.8, 4) is 0 Å². The largest absolute Gasteiger partial charge is 0.103 e. The smallest absolute Gasteiger partial charge is 0.0136 e. The van der Waals surface area contributed by atoms with Crippen LogP contribution in [0.15, 0.2) is 67.3 Å². The van der Waals surface area contributed by atoms with Crippen LogP contribution in [-0.4, -0.2) is 0 Å². The maximum atomic E-state index is 3.95. The van der Waals surface area contributed by atoms with Gasteiger partial charge in [0, 0.05) is 5.92 Å². The second-order valence-corrected chi connectivity index (χ2v) is 4.24. The summed E-state index contributed by atoms with van der Waals surface area (Å²) in [4.78, 5) is 0. The molecule has 1 unspecified atom stereocenters. The van der Waals surface area contributed by atoms with Crippen LogP contribution in [0.5, 0.6) is 0 Å². The van der Waals surface area contributed by atoms with E-state index in [4.69, 9.17) is 0 Å². The Bertz CT molecular complexity index is 501. The van der Waals surface area contributed by atoms with Gasteiger partial charge in [-0.1, -0.05) is 55.1 Å². The Morgan fingerprint density at radius 1 is 1.24 bits per heavy atom. The molecule has 1 aliphatic carbocycles. The Morgan fingerprint density at radius 3 is 2.65 bits per heavy atom. The number of allylic oxidation sites excluding steroid dienone is 6. The molecular weight excluding hydrogens is 204 g/mol. The number of rotatable bonds is 4. The number of benzene rings is 1. The predicted molar refractivity (Wildman–Crippen MR) is 75.9 cm³/mol. The van der Waals surface area contributed by atoms with Gasteiger partial charge < -0.3 is 0 Å². The van der Waals surface area contributed by atoms with E-state index in [1.54, 1.807) is 0 Å². The quantitative estimate of drug-likeness (QED) is 0.637. The highest BCUT2D eigenvalue weighted by Crippen LogP contribution is 2.44. The lowest BCUT2D eigenvalue weighted by molar-refractivity contribution is 0.848. The maximum Gasteiger partial charge on any atom is 0.0136 e. The van der Waals surface area contributed by atoms with Crippen molar-refractivity contribution in [2.75, 3.05) is 0 Å². The molecule has 0 aliphatic heterocycles. The molecular formula is C17H18. The van der Waals surface area contributed by atoms with Crippen LogP contribution in [0.2, 0.25) is 0 Å². The Kier molecular flexibility index (Phi) is 3.43. The van der Waals surface area contributed by atoms with Gasteiger partial charge in [0.05, 0.1) is 0 Å². The third-order valence-electron chi connectivity index (χ3n) is 3.27. The van der Waals surface area contributed by atoms with Crippen molar-refractivity contribution in [1.29, 1.82) is 0 Å². The van der Waals surface area contributed by atoms with Crippen LogP contribution >= 0.6 is 0 Å². The average Bonchev–Trinajstić information content (AvgIpc) is 2.65. The normalized spacial score (nSPS) is 18.5. The molecule has 0 amide bonds. The van der Waals surface area contributed by atoms with E-state index in [-0.39, 0.29) is 0 Å². The van der Waals surface area contributed by atoms with Crippen LogP contribution in [0.3, 0.4) is 0 Å². The summed E-state index contributed by atoms with van der Waals surface area (Å²) in [5.74, 6) is 0.438. The summed E-state index contributed by atoms with van der Waals surface area (Å²) in [6.45, 7) is 9.88. The highest BCUT2D eigenvalue weighted by molar-refractivity contribution is 5.86. The fourth-order valence-electron chi connectivity index (χ4n) is 2.59. The van der Waals surface area contributed by atoms with Gasteiger partial charge in [0.1, 0.15) is 0 Å². The number of hydrogen-bond donors (Lipinski definition) is 0. The Hall–Kier alpha value is -1.82. The minimum atomic E-state index is 0.438. The Morgan fingerprint density at radius 2 is 2.00 bits per heavy atom. The zero-order valence-corrected chi connectivity index (χ0v) is 10.3. The Balaban J connectivity index is 2.61. The molecule has 1 atom stereocenters. The van der Waals surface area contributed by atoms with Crippen LogP contribution in [0.25, 0.3) is 5.57 Å². The van der Waals surface area contributed by atoms with E-state index in [9.17, 15) is 0 Å². The van der Waals surface area contributed by atoms with Gasteiger partial charge in [-0.05, 0) is 35.6 Å². The molecule has 0 fully saturated rings. The molecule has 0 saturated heterocycles. The number of fused-ring (bicyclic) bond motifs is 1. The van der Waals surface area contributed by atoms with E-state index in [1.807, 2.05) is 12.2 Å². The van der Waals surface area contributed by atoms with Gasteiger partial charge in [0.15, 0.2) is 0 Å². The zero-order valence-electron chi connectivity index (χ0n) is 10.3. The minimum Gasteiger partial charge on any atom is -0.103 e. The molecule has 0 nitrogen and oxygen atoms in total. The monoisotopic (exact) mass is 222 g/mol. The predicted octanol–water partition coefficient (Wildman–Crippen LogP) is 4.88. The molecule has 0 spiro atoms. The lowest BCUT2D eigenvalue weighted by atomic mass is 9.92. The van der Waals surface area contributed by atoms with Crippen molar-refractivity contribution in [3.05, 3.63) is 78.4 Å². The first-order chi connectivity index (χ1) is 8.33. The topological polar surface area (TPSA) is 0 Å². The van der Waals surface area contributed by atoms with Crippen LogP contribution in [0.4, 0.5) is 0 Å². The molecule has 1 aromatic rings. The van der Waals surface area contributed by atoms with Gasteiger partial charge in [-0.2, -0.15) is 0 Å². The molecule has 1 aromatic carbocycles. The van der Waals surface area contributed by atoms with E-state index in [2.05, 4.69) is 56.5 Å². The van der Waals surface area contributed by atoms with Gasteiger partial charge in [0.25, 0.3) is 0 Å². The summed E-state index contributed by atoms with van der Waals surface area (Å²) in [5, 5.41) is 0. The van der Waals surface area contributed by atoms with Gasteiger partial charge >= 0.3 is 0 Å². The summed E-state index contributed by atoms with van der Waals surface area (Å²) >= 11 is 0. The van der Waals surface area contributed by atoms with Gasteiger partial charge in [0.2, 0.25) is 0 Å². The van der Waals surface area contributed by atoms with Crippen molar-refractivity contribution in [3.63, 3.8) is 0 Å². The molecule has 2 rings (SSSR count). The summed E-state index contributed by atoms with van der Waals surface area (Å²) in [6, 6.07) is 8.59. The first kappa shape index (κ1) is 11.7. The summed E-state index contributed by atoms with van der Waals surface area (Å²) in [6.07, 6.45) is 9.24. The molecule has 86 valence electrons. The van der Waals surface area contributed by atoms with E-state index in [0.29, 0.717) is 5.92 Å². The third kappa shape index (κ3) is 1.91. The van der Waals surface area contributed by atoms with Crippen molar-refractivity contribution >= 4 is 5.57 Å². The first-order valence-corrected chi connectivity index (χ1v) is 6.03. The summed E-state index contributed by atoms with van der Waals surface area (Å²) in [5.41, 5.74) is 5.35. The highest BCUT2D eigenvalue weighted by Gasteiger charge is 2.26. The molecule has 0 bridgehead atoms. The van der Waals surface area contributed by atoms with Crippen molar-refractivity contribution in [2.45, 2.75) is 19.3 Å². The maximum absolute atomic E-state index is 3.95. The van der Waals surface area contributed by atoms with Crippen LogP contribution in [0.1, 0.15) is 30.4 Å². The fourth-order valence-corrected chi connectivity index (χ4v) is 2.59. The Labute approximate surface area is 104 Å². The van der Waals surface area contributed by atoms with Crippen molar-refractivity contribution in [1.82, 2.24) is 0 Å². The minimum absolute atomic E-state index is 0.438.